The standard InChI is InChI=1S/C19H17F2NO3S/c1-22(26(23,24)19-17(20)4-3-5-18(19)21)12-13-6-7-15-11-16(25-2)9-8-14(15)10-13/h3-11H,12H2,1-2H3. The third kappa shape index (κ3) is 3.40. The first-order chi connectivity index (χ1) is 12.3. The first kappa shape index (κ1) is 18.3. The molecule has 0 aromatic heterocycles. The summed E-state index contributed by atoms with van der Waals surface area (Å²) >= 11 is 0. The zero-order valence-corrected chi connectivity index (χ0v) is 15.1. The second-order valence-electron chi connectivity index (χ2n) is 5.86. The fourth-order valence-electron chi connectivity index (χ4n) is 2.73. The summed E-state index contributed by atoms with van der Waals surface area (Å²) in [7, 11) is -1.43. The Balaban J connectivity index is 1.91. The van der Waals surface area contributed by atoms with Gasteiger partial charge in [0.1, 0.15) is 17.4 Å². The van der Waals surface area contributed by atoms with Gasteiger partial charge in [-0.1, -0.05) is 24.3 Å². The lowest BCUT2D eigenvalue weighted by Gasteiger charge is -2.18. The molecule has 0 aliphatic carbocycles. The number of benzene rings is 3. The average Bonchev–Trinajstić information content (AvgIpc) is 2.60. The quantitative estimate of drug-likeness (QED) is 0.676. The van der Waals surface area contributed by atoms with Crippen molar-refractivity contribution in [3.63, 3.8) is 0 Å². The summed E-state index contributed by atoms with van der Waals surface area (Å²) in [4.78, 5) is -0.937. The maximum Gasteiger partial charge on any atom is 0.248 e. The Kier molecular flexibility index (Phi) is 4.93. The highest BCUT2D eigenvalue weighted by Gasteiger charge is 2.28. The molecule has 3 aromatic rings. The van der Waals surface area contributed by atoms with Crippen molar-refractivity contribution in [2.45, 2.75) is 11.4 Å². The van der Waals surface area contributed by atoms with Gasteiger partial charge in [0.2, 0.25) is 10.0 Å². The van der Waals surface area contributed by atoms with E-state index in [1.165, 1.54) is 7.05 Å². The smallest absolute Gasteiger partial charge is 0.248 e. The van der Waals surface area contributed by atoms with Crippen LogP contribution in [0.15, 0.2) is 59.5 Å². The number of hydrogen-bond donors (Lipinski definition) is 0. The number of fused-ring (bicyclic) bond motifs is 1. The van der Waals surface area contributed by atoms with Crippen molar-refractivity contribution in [1.29, 1.82) is 0 Å². The third-order valence-corrected chi connectivity index (χ3v) is 5.96. The van der Waals surface area contributed by atoms with Crippen LogP contribution in [0, 0.1) is 11.6 Å². The fraction of sp³-hybridized carbons (Fsp3) is 0.158. The topological polar surface area (TPSA) is 46.6 Å². The minimum absolute atomic E-state index is 0.0158. The molecule has 0 atom stereocenters. The second-order valence-corrected chi connectivity index (χ2v) is 7.84. The number of nitrogens with zero attached hydrogens (tertiary/aromatic N) is 1. The number of methoxy groups -OCH3 is 1. The van der Waals surface area contributed by atoms with E-state index in [0.717, 1.165) is 39.0 Å². The number of ether oxygens (including phenoxy) is 1. The van der Waals surface area contributed by atoms with Crippen LogP contribution in [0.25, 0.3) is 10.8 Å². The molecular formula is C19H17F2NO3S. The third-order valence-electron chi connectivity index (χ3n) is 4.10. The van der Waals surface area contributed by atoms with Gasteiger partial charge < -0.3 is 4.74 Å². The lowest BCUT2D eigenvalue weighted by atomic mass is 10.1. The van der Waals surface area contributed by atoms with Crippen LogP contribution in [0.4, 0.5) is 8.78 Å². The summed E-state index contributed by atoms with van der Waals surface area (Å²) < 4.78 is 58.9. The molecule has 136 valence electrons. The molecule has 0 N–H and O–H groups in total. The normalized spacial score (nSPS) is 11.9. The van der Waals surface area contributed by atoms with Crippen molar-refractivity contribution in [3.8, 4) is 5.75 Å². The molecule has 0 fully saturated rings. The van der Waals surface area contributed by atoms with Gasteiger partial charge in [0.05, 0.1) is 7.11 Å². The Hall–Kier alpha value is -2.51. The monoisotopic (exact) mass is 377 g/mol. The van der Waals surface area contributed by atoms with E-state index in [2.05, 4.69) is 0 Å². The number of hydrogen-bond acceptors (Lipinski definition) is 3. The van der Waals surface area contributed by atoms with Crippen molar-refractivity contribution < 1.29 is 21.9 Å². The molecule has 0 saturated carbocycles. The second kappa shape index (κ2) is 7.01. The van der Waals surface area contributed by atoms with Crippen molar-refractivity contribution in [3.05, 3.63) is 71.8 Å². The highest BCUT2D eigenvalue weighted by Crippen LogP contribution is 2.25. The summed E-state index contributed by atoms with van der Waals surface area (Å²) in [6.45, 7) is -0.0158. The van der Waals surface area contributed by atoms with E-state index in [4.69, 9.17) is 4.74 Å². The first-order valence-corrected chi connectivity index (χ1v) is 9.24. The molecule has 7 heteroatoms. The van der Waals surface area contributed by atoms with Gasteiger partial charge in [0, 0.05) is 13.6 Å². The highest BCUT2D eigenvalue weighted by atomic mass is 32.2. The Morgan fingerprint density at radius 3 is 2.23 bits per heavy atom. The van der Waals surface area contributed by atoms with E-state index in [-0.39, 0.29) is 6.54 Å². The van der Waals surface area contributed by atoms with Crippen molar-refractivity contribution in [2.75, 3.05) is 14.2 Å². The SMILES string of the molecule is COc1ccc2cc(CN(C)S(=O)(=O)c3c(F)cccc3F)ccc2c1. The van der Waals surface area contributed by atoms with Gasteiger partial charge in [0.25, 0.3) is 0 Å². The minimum atomic E-state index is -4.30. The lowest BCUT2D eigenvalue weighted by molar-refractivity contribution is 0.415. The van der Waals surface area contributed by atoms with E-state index in [0.29, 0.717) is 5.56 Å². The molecule has 0 aliphatic heterocycles. The van der Waals surface area contributed by atoms with Gasteiger partial charge in [-0.25, -0.2) is 17.2 Å². The summed E-state index contributed by atoms with van der Waals surface area (Å²) in [6, 6.07) is 14.0. The number of rotatable bonds is 5. The van der Waals surface area contributed by atoms with Gasteiger partial charge in [-0.15, -0.1) is 0 Å². The molecule has 0 saturated heterocycles. The molecule has 0 bridgehead atoms. The maximum atomic E-state index is 13.9. The summed E-state index contributed by atoms with van der Waals surface area (Å²) in [5, 5.41) is 1.85. The van der Waals surface area contributed by atoms with Crippen LogP contribution in [-0.4, -0.2) is 26.9 Å². The lowest BCUT2D eigenvalue weighted by Crippen LogP contribution is -2.28. The summed E-state index contributed by atoms with van der Waals surface area (Å²) in [6.07, 6.45) is 0. The van der Waals surface area contributed by atoms with Crippen LogP contribution in [0.2, 0.25) is 0 Å². The van der Waals surface area contributed by atoms with Gasteiger partial charge in [-0.05, 0) is 46.7 Å². The van der Waals surface area contributed by atoms with Gasteiger partial charge in [-0.3, -0.25) is 0 Å². The predicted molar refractivity (Wildman–Crippen MR) is 95.5 cm³/mol. The van der Waals surface area contributed by atoms with Gasteiger partial charge >= 0.3 is 0 Å². The van der Waals surface area contributed by atoms with E-state index < -0.39 is 26.6 Å². The molecular weight excluding hydrogens is 360 g/mol. The number of halogens is 2. The average molecular weight is 377 g/mol. The first-order valence-electron chi connectivity index (χ1n) is 7.80. The van der Waals surface area contributed by atoms with E-state index >= 15 is 0 Å². The molecule has 0 aliphatic rings. The Morgan fingerprint density at radius 1 is 0.962 bits per heavy atom. The Labute approximate surface area is 150 Å². The Morgan fingerprint density at radius 2 is 1.58 bits per heavy atom. The van der Waals surface area contributed by atoms with E-state index in [1.807, 2.05) is 24.3 Å². The molecule has 3 aromatic carbocycles. The van der Waals surface area contributed by atoms with Crippen LogP contribution < -0.4 is 4.74 Å². The molecule has 0 unspecified atom stereocenters. The van der Waals surface area contributed by atoms with Crippen molar-refractivity contribution in [2.24, 2.45) is 0 Å². The van der Waals surface area contributed by atoms with Crippen molar-refractivity contribution in [1.82, 2.24) is 4.31 Å². The number of sulfonamides is 1. The fourth-order valence-corrected chi connectivity index (χ4v) is 3.99. The zero-order chi connectivity index (χ0) is 18.9. The summed E-state index contributed by atoms with van der Waals surface area (Å²) in [5.74, 6) is -1.50. The van der Waals surface area contributed by atoms with Crippen molar-refractivity contribution >= 4 is 20.8 Å². The summed E-state index contributed by atoms with van der Waals surface area (Å²) in [5.41, 5.74) is 0.700. The van der Waals surface area contributed by atoms with Crippen LogP contribution in [0.5, 0.6) is 5.75 Å². The molecule has 4 nitrogen and oxygen atoms in total. The highest BCUT2D eigenvalue weighted by molar-refractivity contribution is 7.89. The molecule has 26 heavy (non-hydrogen) atoms. The maximum absolute atomic E-state index is 13.9. The van der Waals surface area contributed by atoms with Crippen LogP contribution in [-0.2, 0) is 16.6 Å². The Bertz CT molecular complexity index is 1050. The van der Waals surface area contributed by atoms with Gasteiger partial charge in [-0.2, -0.15) is 4.31 Å². The molecule has 0 amide bonds. The molecule has 0 radical (unpaired) electrons. The van der Waals surface area contributed by atoms with E-state index in [1.54, 1.807) is 19.2 Å². The molecule has 3 rings (SSSR count). The van der Waals surface area contributed by atoms with Crippen LogP contribution in [0.3, 0.4) is 0 Å². The van der Waals surface area contributed by atoms with E-state index in [9.17, 15) is 17.2 Å². The zero-order valence-electron chi connectivity index (χ0n) is 14.2. The largest absolute Gasteiger partial charge is 0.497 e. The van der Waals surface area contributed by atoms with Crippen LogP contribution >= 0.6 is 0 Å². The molecule has 0 spiro atoms. The predicted octanol–water partition coefficient (Wildman–Crippen LogP) is 3.95. The molecule has 0 heterocycles. The van der Waals surface area contributed by atoms with Gasteiger partial charge in [0.15, 0.2) is 4.90 Å². The van der Waals surface area contributed by atoms with Crippen LogP contribution in [0.1, 0.15) is 5.56 Å². The minimum Gasteiger partial charge on any atom is -0.497 e.